The van der Waals surface area contributed by atoms with Gasteiger partial charge in [0.25, 0.3) is 0 Å². The third-order valence-corrected chi connectivity index (χ3v) is 2.46. The van der Waals surface area contributed by atoms with Crippen molar-refractivity contribution in [1.29, 1.82) is 0 Å². The second kappa shape index (κ2) is 5.04. The second-order valence-electron chi connectivity index (χ2n) is 3.66. The molecule has 1 atom stereocenters. The number of aryl methyl sites for hydroxylation is 1. The topological polar surface area (TPSA) is 81.1 Å². The van der Waals surface area contributed by atoms with E-state index in [0.717, 1.165) is 5.82 Å². The van der Waals surface area contributed by atoms with Crippen LogP contribution in [-0.4, -0.2) is 46.5 Å². The number of hydrogen-bond acceptors (Lipinski definition) is 5. The summed E-state index contributed by atoms with van der Waals surface area (Å²) in [5.74, 6) is 0.660. The fraction of sp³-hybridized carbons (Fsp3) is 0.667. The molecule has 1 aliphatic rings. The molecule has 1 unspecified atom stereocenters. The van der Waals surface area contributed by atoms with Crippen LogP contribution in [0.25, 0.3) is 0 Å². The van der Waals surface area contributed by atoms with E-state index in [2.05, 4.69) is 20.8 Å². The van der Waals surface area contributed by atoms with Crippen molar-refractivity contribution >= 4 is 5.91 Å². The quantitative estimate of drug-likeness (QED) is 0.649. The first kappa shape index (κ1) is 11.0. The largest absolute Gasteiger partial charge is 0.378 e. The Labute approximate surface area is 93.2 Å². The molecule has 7 nitrogen and oxygen atoms in total. The monoisotopic (exact) mass is 225 g/mol. The first-order valence-corrected chi connectivity index (χ1v) is 5.19. The van der Waals surface area contributed by atoms with Gasteiger partial charge >= 0.3 is 0 Å². The minimum Gasteiger partial charge on any atom is -0.378 e. The second-order valence-corrected chi connectivity index (χ2v) is 3.66. The fourth-order valence-corrected chi connectivity index (χ4v) is 1.49. The zero-order chi connectivity index (χ0) is 11.4. The summed E-state index contributed by atoms with van der Waals surface area (Å²) in [7, 11) is 1.84. The Kier molecular flexibility index (Phi) is 3.47. The first-order valence-electron chi connectivity index (χ1n) is 5.19. The van der Waals surface area contributed by atoms with Crippen molar-refractivity contribution < 1.29 is 9.53 Å². The third-order valence-electron chi connectivity index (χ3n) is 2.46. The van der Waals surface area contributed by atoms with Crippen molar-refractivity contribution in [3.63, 3.8) is 0 Å². The smallest absolute Gasteiger partial charge is 0.239 e. The minimum absolute atomic E-state index is 0.0669. The van der Waals surface area contributed by atoms with Crippen molar-refractivity contribution in [1.82, 2.24) is 25.4 Å². The number of hydrogen-bond donors (Lipinski definition) is 2. The molecule has 7 heteroatoms. The van der Waals surface area contributed by atoms with Crippen LogP contribution in [0.3, 0.4) is 0 Å². The summed E-state index contributed by atoms with van der Waals surface area (Å²) < 4.78 is 6.98. The number of rotatable bonds is 3. The number of carbonyl (C=O) groups excluding carboxylic acids is 1. The number of morpholine rings is 1. The maximum Gasteiger partial charge on any atom is 0.239 e. The molecule has 2 N–H and O–H groups in total. The molecule has 1 amide bonds. The number of carbonyl (C=O) groups is 1. The van der Waals surface area contributed by atoms with Crippen LogP contribution in [0.5, 0.6) is 0 Å². The average molecular weight is 225 g/mol. The van der Waals surface area contributed by atoms with E-state index < -0.39 is 0 Å². The molecule has 1 fully saturated rings. The summed E-state index contributed by atoms with van der Waals surface area (Å²) >= 11 is 0. The summed E-state index contributed by atoms with van der Waals surface area (Å²) in [5, 5.41) is 13.5. The Balaban J connectivity index is 1.81. The average Bonchev–Trinajstić information content (AvgIpc) is 2.73. The maximum atomic E-state index is 11.7. The van der Waals surface area contributed by atoms with E-state index in [1.54, 1.807) is 10.9 Å². The molecule has 1 aromatic rings. The highest BCUT2D eigenvalue weighted by Gasteiger charge is 2.20. The first-order chi connectivity index (χ1) is 7.77. The van der Waals surface area contributed by atoms with E-state index in [-0.39, 0.29) is 11.9 Å². The van der Waals surface area contributed by atoms with Crippen LogP contribution in [-0.2, 0) is 23.1 Å². The van der Waals surface area contributed by atoms with E-state index in [1.807, 2.05) is 7.05 Å². The van der Waals surface area contributed by atoms with Crippen LogP contribution >= 0.6 is 0 Å². The molecule has 0 spiro atoms. The fourth-order valence-electron chi connectivity index (χ4n) is 1.49. The Hall–Kier alpha value is -1.47. The lowest BCUT2D eigenvalue weighted by Gasteiger charge is -2.22. The van der Waals surface area contributed by atoms with E-state index >= 15 is 0 Å². The summed E-state index contributed by atoms with van der Waals surface area (Å²) in [5.41, 5.74) is 0. The zero-order valence-corrected chi connectivity index (χ0v) is 9.14. The van der Waals surface area contributed by atoms with E-state index in [9.17, 15) is 4.79 Å². The third kappa shape index (κ3) is 2.56. The summed E-state index contributed by atoms with van der Waals surface area (Å²) in [6.07, 6.45) is 1.60. The van der Waals surface area contributed by atoms with Crippen molar-refractivity contribution in [2.45, 2.75) is 12.6 Å². The van der Waals surface area contributed by atoms with Gasteiger partial charge in [0, 0.05) is 13.6 Å². The van der Waals surface area contributed by atoms with Gasteiger partial charge in [-0.2, -0.15) is 0 Å². The maximum absolute atomic E-state index is 11.7. The Bertz CT molecular complexity index is 359. The lowest BCUT2D eigenvalue weighted by molar-refractivity contribution is -0.126. The molecule has 1 aromatic heterocycles. The van der Waals surface area contributed by atoms with Crippen LogP contribution in [0.2, 0.25) is 0 Å². The minimum atomic E-state index is -0.262. The van der Waals surface area contributed by atoms with Gasteiger partial charge in [-0.1, -0.05) is 0 Å². The van der Waals surface area contributed by atoms with E-state index in [4.69, 9.17) is 4.74 Å². The van der Waals surface area contributed by atoms with Gasteiger partial charge in [0.15, 0.2) is 5.82 Å². The SMILES string of the molecule is Cn1cnnc1CNC(=O)C1COCCN1. The van der Waals surface area contributed by atoms with Crippen molar-refractivity contribution in [3.8, 4) is 0 Å². The molecule has 1 saturated heterocycles. The van der Waals surface area contributed by atoms with Gasteiger partial charge in [-0.3, -0.25) is 4.79 Å². The Morgan fingerprint density at radius 3 is 3.31 bits per heavy atom. The van der Waals surface area contributed by atoms with E-state index in [1.165, 1.54) is 0 Å². The predicted octanol–water partition coefficient (Wildman–Crippen LogP) is -1.58. The highest BCUT2D eigenvalue weighted by Crippen LogP contribution is 1.95. The van der Waals surface area contributed by atoms with Gasteiger partial charge < -0.3 is 19.9 Å². The van der Waals surface area contributed by atoms with Gasteiger partial charge in [-0.25, -0.2) is 0 Å². The molecule has 0 saturated carbocycles. The van der Waals surface area contributed by atoms with Crippen LogP contribution < -0.4 is 10.6 Å². The lowest BCUT2D eigenvalue weighted by atomic mass is 10.2. The molecule has 1 aliphatic heterocycles. The molecule has 0 aliphatic carbocycles. The molecular weight excluding hydrogens is 210 g/mol. The van der Waals surface area contributed by atoms with Crippen LogP contribution in [0.15, 0.2) is 6.33 Å². The number of nitrogens with zero attached hydrogens (tertiary/aromatic N) is 3. The predicted molar refractivity (Wildman–Crippen MR) is 55.5 cm³/mol. The lowest BCUT2D eigenvalue weighted by Crippen LogP contribution is -2.51. The normalized spacial score (nSPS) is 20.7. The number of aromatic nitrogens is 3. The molecule has 16 heavy (non-hydrogen) atoms. The summed E-state index contributed by atoms with van der Waals surface area (Å²) in [4.78, 5) is 11.7. The number of nitrogens with one attached hydrogen (secondary N) is 2. The number of amides is 1. The number of ether oxygens (including phenoxy) is 1. The van der Waals surface area contributed by atoms with Gasteiger partial charge in [-0.05, 0) is 0 Å². The highest BCUT2D eigenvalue weighted by molar-refractivity contribution is 5.81. The molecule has 88 valence electrons. The summed E-state index contributed by atoms with van der Waals surface area (Å²) in [6, 6.07) is -0.262. The molecular formula is C9H15N5O2. The van der Waals surface area contributed by atoms with Crippen LogP contribution in [0.1, 0.15) is 5.82 Å². The molecule has 0 bridgehead atoms. The molecule has 0 radical (unpaired) electrons. The molecule has 2 rings (SSSR count). The Morgan fingerprint density at radius 1 is 1.81 bits per heavy atom. The van der Waals surface area contributed by atoms with Gasteiger partial charge in [0.1, 0.15) is 12.4 Å². The van der Waals surface area contributed by atoms with Gasteiger partial charge in [-0.15, -0.1) is 10.2 Å². The van der Waals surface area contributed by atoms with Crippen LogP contribution in [0, 0.1) is 0 Å². The molecule has 2 heterocycles. The standard InChI is InChI=1S/C9H15N5O2/c1-14-6-12-13-8(14)4-11-9(15)7-5-16-3-2-10-7/h6-7,10H,2-5H2,1H3,(H,11,15). The summed E-state index contributed by atoms with van der Waals surface area (Å²) in [6.45, 7) is 2.17. The van der Waals surface area contributed by atoms with Crippen molar-refractivity contribution in [2.75, 3.05) is 19.8 Å². The van der Waals surface area contributed by atoms with Crippen molar-refractivity contribution in [3.05, 3.63) is 12.2 Å². The molecule has 0 aromatic carbocycles. The van der Waals surface area contributed by atoms with Crippen molar-refractivity contribution in [2.24, 2.45) is 7.05 Å². The Morgan fingerprint density at radius 2 is 2.69 bits per heavy atom. The van der Waals surface area contributed by atoms with Gasteiger partial charge in [0.05, 0.1) is 19.8 Å². The highest BCUT2D eigenvalue weighted by atomic mass is 16.5. The van der Waals surface area contributed by atoms with Gasteiger partial charge in [0.2, 0.25) is 5.91 Å². The van der Waals surface area contributed by atoms with E-state index in [0.29, 0.717) is 26.3 Å². The van der Waals surface area contributed by atoms with Crippen LogP contribution in [0.4, 0.5) is 0 Å². The zero-order valence-electron chi connectivity index (χ0n) is 9.14.